The van der Waals surface area contributed by atoms with Gasteiger partial charge in [-0.3, -0.25) is 9.67 Å². The van der Waals surface area contributed by atoms with E-state index in [9.17, 15) is 17.6 Å². The molecule has 0 bridgehead atoms. The van der Waals surface area contributed by atoms with Crippen molar-refractivity contribution in [3.63, 3.8) is 0 Å². The predicted molar refractivity (Wildman–Crippen MR) is 115 cm³/mol. The van der Waals surface area contributed by atoms with Crippen LogP contribution in [0.15, 0.2) is 55.2 Å². The van der Waals surface area contributed by atoms with Crippen LogP contribution in [0, 0.1) is 17.5 Å². The molecule has 2 N–H and O–H groups in total. The Labute approximate surface area is 193 Å². The molecule has 0 unspecified atom stereocenters. The van der Waals surface area contributed by atoms with Crippen molar-refractivity contribution in [3.8, 4) is 22.5 Å². The fraction of sp³-hybridized carbons (Fsp3) is 0.136. The summed E-state index contributed by atoms with van der Waals surface area (Å²) in [6.45, 7) is 0.724. The molecule has 1 atom stereocenters. The number of nitrogens with two attached hydrogens (primary N) is 1. The van der Waals surface area contributed by atoms with E-state index < -0.39 is 35.0 Å². The summed E-state index contributed by atoms with van der Waals surface area (Å²) in [6.07, 6.45) is 5.91. The lowest BCUT2D eigenvalue weighted by Gasteiger charge is -2.24. The Morgan fingerprint density at radius 2 is 1.66 bits per heavy atom. The summed E-state index contributed by atoms with van der Waals surface area (Å²) >= 11 is 0. The van der Waals surface area contributed by atoms with Gasteiger partial charge in [0, 0.05) is 18.7 Å². The van der Waals surface area contributed by atoms with E-state index in [1.165, 1.54) is 30.7 Å². The van der Waals surface area contributed by atoms with Gasteiger partial charge in [-0.05, 0) is 17.7 Å². The van der Waals surface area contributed by atoms with Crippen LogP contribution >= 0.6 is 0 Å². The van der Waals surface area contributed by atoms with Gasteiger partial charge in [0.05, 0.1) is 41.7 Å². The summed E-state index contributed by atoms with van der Waals surface area (Å²) in [6, 6.07) is 3.12. The fourth-order valence-corrected chi connectivity index (χ4v) is 3.76. The Hall–Kier alpha value is -4.42. The standard InChI is InChI=1S/C22H15F5N8/c1-22(26,27)19(11-2-4-13(23)5-3-11)34-9-12(6-30-34)15-7-29-8-16(31-15)17-14(24)10-35-20(18(17)25)32-21(28)33-35/h2-10,19H,1H3,(H2,28,33)/t19-/m1/s1. The second-order valence-electron chi connectivity index (χ2n) is 7.81. The first-order chi connectivity index (χ1) is 16.6. The predicted octanol–water partition coefficient (Wildman–Crippen LogP) is 4.29. The van der Waals surface area contributed by atoms with Crippen LogP contribution in [0.4, 0.5) is 27.9 Å². The molecule has 1 aromatic carbocycles. The number of nitrogen functional groups attached to an aromatic ring is 1. The van der Waals surface area contributed by atoms with Gasteiger partial charge < -0.3 is 5.73 Å². The van der Waals surface area contributed by atoms with Crippen molar-refractivity contribution in [2.75, 3.05) is 5.73 Å². The van der Waals surface area contributed by atoms with Gasteiger partial charge in [0.25, 0.3) is 5.92 Å². The number of fused-ring (bicyclic) bond motifs is 1. The highest BCUT2D eigenvalue weighted by Crippen LogP contribution is 2.35. The molecule has 0 aliphatic rings. The second-order valence-corrected chi connectivity index (χ2v) is 7.81. The lowest BCUT2D eigenvalue weighted by molar-refractivity contribution is -0.0217. The van der Waals surface area contributed by atoms with Crippen LogP contribution in [0.5, 0.6) is 0 Å². The summed E-state index contributed by atoms with van der Waals surface area (Å²) in [5.74, 6) is -6.08. The molecule has 8 nitrogen and oxygen atoms in total. The van der Waals surface area contributed by atoms with Gasteiger partial charge in [0.1, 0.15) is 11.9 Å². The number of alkyl halides is 2. The number of hydrogen-bond donors (Lipinski definition) is 1. The zero-order valence-corrected chi connectivity index (χ0v) is 17.9. The molecule has 0 fully saturated rings. The SMILES string of the molecule is CC(F)(F)[C@@H](c1ccc(F)cc1)n1cc(-c2cncc(-c3c(F)cn4nc(N)nc4c3F)n2)cn1. The monoisotopic (exact) mass is 486 g/mol. The number of nitrogens with zero attached hydrogens (tertiary/aromatic N) is 7. The molecule has 178 valence electrons. The number of halogens is 5. The smallest absolute Gasteiger partial charge is 0.271 e. The zero-order valence-electron chi connectivity index (χ0n) is 17.9. The number of pyridine rings is 1. The molecule has 5 aromatic rings. The average Bonchev–Trinajstić information content (AvgIpc) is 3.41. The van der Waals surface area contributed by atoms with Crippen molar-refractivity contribution in [1.29, 1.82) is 0 Å². The minimum absolute atomic E-state index is 0.130. The van der Waals surface area contributed by atoms with Gasteiger partial charge in [-0.15, -0.1) is 5.10 Å². The van der Waals surface area contributed by atoms with E-state index in [4.69, 9.17) is 5.73 Å². The van der Waals surface area contributed by atoms with Crippen LogP contribution in [0.3, 0.4) is 0 Å². The van der Waals surface area contributed by atoms with E-state index in [0.717, 1.165) is 40.6 Å². The van der Waals surface area contributed by atoms with Crippen molar-refractivity contribution in [2.24, 2.45) is 0 Å². The molecule has 0 saturated carbocycles. The molecule has 0 saturated heterocycles. The average molecular weight is 486 g/mol. The van der Waals surface area contributed by atoms with Crippen molar-refractivity contribution >= 4 is 11.6 Å². The molecule has 0 aliphatic carbocycles. The molecule has 35 heavy (non-hydrogen) atoms. The first kappa shape index (κ1) is 22.4. The number of anilines is 1. The highest BCUT2D eigenvalue weighted by atomic mass is 19.3. The minimum atomic E-state index is -3.25. The van der Waals surface area contributed by atoms with E-state index in [1.807, 2.05) is 0 Å². The summed E-state index contributed by atoms with van der Waals surface area (Å²) in [5.41, 5.74) is 5.03. The fourth-order valence-electron chi connectivity index (χ4n) is 3.76. The van der Waals surface area contributed by atoms with Crippen LogP contribution in [-0.4, -0.2) is 40.3 Å². The van der Waals surface area contributed by atoms with Crippen LogP contribution in [-0.2, 0) is 0 Å². The third-order valence-electron chi connectivity index (χ3n) is 5.26. The molecule has 0 amide bonds. The van der Waals surface area contributed by atoms with Gasteiger partial charge in [0.15, 0.2) is 17.3 Å². The van der Waals surface area contributed by atoms with E-state index >= 15 is 4.39 Å². The molecule has 0 aliphatic heterocycles. The van der Waals surface area contributed by atoms with E-state index in [-0.39, 0.29) is 34.1 Å². The van der Waals surface area contributed by atoms with E-state index in [0.29, 0.717) is 0 Å². The Kier molecular flexibility index (Phi) is 5.19. The first-order valence-corrected chi connectivity index (χ1v) is 10.1. The number of benzene rings is 1. The van der Waals surface area contributed by atoms with Crippen molar-refractivity contribution in [3.05, 3.63) is 78.3 Å². The quantitative estimate of drug-likeness (QED) is 0.372. The molecule has 4 heterocycles. The third kappa shape index (κ3) is 4.05. The summed E-state index contributed by atoms with van der Waals surface area (Å²) in [4.78, 5) is 12.0. The Morgan fingerprint density at radius 1 is 0.943 bits per heavy atom. The number of rotatable bonds is 5. The van der Waals surface area contributed by atoms with Crippen LogP contribution < -0.4 is 5.73 Å². The van der Waals surface area contributed by atoms with Gasteiger partial charge in [-0.1, -0.05) is 12.1 Å². The molecular formula is C22H15F5N8. The molecule has 4 aromatic heterocycles. The molecule has 13 heteroatoms. The number of aromatic nitrogens is 7. The van der Waals surface area contributed by atoms with Gasteiger partial charge in [-0.2, -0.15) is 10.1 Å². The molecule has 0 radical (unpaired) electrons. The lowest BCUT2D eigenvalue weighted by atomic mass is 10.0. The van der Waals surface area contributed by atoms with Crippen molar-refractivity contribution < 1.29 is 22.0 Å². The van der Waals surface area contributed by atoms with Crippen LogP contribution in [0.2, 0.25) is 0 Å². The van der Waals surface area contributed by atoms with Crippen molar-refractivity contribution in [1.82, 2.24) is 34.3 Å². The lowest BCUT2D eigenvalue weighted by Crippen LogP contribution is -2.29. The largest absolute Gasteiger partial charge is 0.366 e. The normalized spacial score (nSPS) is 12.9. The third-order valence-corrected chi connectivity index (χ3v) is 5.26. The highest BCUT2D eigenvalue weighted by molar-refractivity contribution is 5.68. The summed E-state index contributed by atoms with van der Waals surface area (Å²) in [7, 11) is 0. The molecular weight excluding hydrogens is 471 g/mol. The maximum atomic E-state index is 15.0. The van der Waals surface area contributed by atoms with Gasteiger partial charge >= 0.3 is 0 Å². The molecule has 5 rings (SSSR count). The van der Waals surface area contributed by atoms with Crippen LogP contribution in [0.1, 0.15) is 18.5 Å². The van der Waals surface area contributed by atoms with Crippen molar-refractivity contribution in [2.45, 2.75) is 18.9 Å². The van der Waals surface area contributed by atoms with Gasteiger partial charge in [-0.25, -0.2) is 31.5 Å². The Balaban J connectivity index is 1.56. The molecule has 0 spiro atoms. The summed E-state index contributed by atoms with van der Waals surface area (Å²) < 4.78 is 73.9. The zero-order chi connectivity index (χ0) is 24.9. The highest BCUT2D eigenvalue weighted by Gasteiger charge is 2.37. The van der Waals surface area contributed by atoms with E-state index in [1.54, 1.807) is 0 Å². The van der Waals surface area contributed by atoms with Crippen LogP contribution in [0.25, 0.3) is 28.2 Å². The summed E-state index contributed by atoms with van der Waals surface area (Å²) in [5, 5.41) is 7.71. The Bertz CT molecular complexity index is 1540. The van der Waals surface area contributed by atoms with Gasteiger partial charge in [0.2, 0.25) is 5.95 Å². The number of hydrogen-bond acceptors (Lipinski definition) is 6. The maximum absolute atomic E-state index is 15.0. The topological polar surface area (TPSA) is 99.8 Å². The van der Waals surface area contributed by atoms with E-state index in [2.05, 4.69) is 25.1 Å². The Morgan fingerprint density at radius 3 is 2.37 bits per heavy atom. The maximum Gasteiger partial charge on any atom is 0.271 e. The second kappa shape index (κ2) is 8.11. The first-order valence-electron chi connectivity index (χ1n) is 10.1. The minimum Gasteiger partial charge on any atom is -0.366 e.